The Balaban J connectivity index is 1.34. The van der Waals surface area contributed by atoms with Gasteiger partial charge in [-0.2, -0.15) is 0 Å². The molecule has 0 aliphatic rings. The third-order valence-electron chi connectivity index (χ3n) is 4.80. The van der Waals surface area contributed by atoms with Crippen LogP contribution in [0.1, 0.15) is 31.1 Å². The lowest BCUT2D eigenvalue weighted by Gasteiger charge is -2.11. The Morgan fingerprint density at radius 1 is 1.06 bits per heavy atom. The highest BCUT2D eigenvalue weighted by molar-refractivity contribution is 5.76. The number of hydrogen-bond donors (Lipinski definition) is 2. The molecular formula is C23H20F2N4O2. The van der Waals surface area contributed by atoms with Crippen LogP contribution >= 0.6 is 0 Å². The van der Waals surface area contributed by atoms with Crippen molar-refractivity contribution in [3.8, 4) is 22.6 Å². The molecule has 0 saturated heterocycles. The molecule has 0 aliphatic carbocycles. The van der Waals surface area contributed by atoms with E-state index in [1.165, 1.54) is 12.3 Å². The first-order valence-electron chi connectivity index (χ1n) is 9.80. The zero-order valence-corrected chi connectivity index (χ0v) is 16.7. The van der Waals surface area contributed by atoms with E-state index in [9.17, 15) is 13.6 Å². The number of nitrogens with one attached hydrogen (secondary N) is 2. The van der Waals surface area contributed by atoms with E-state index in [2.05, 4.69) is 20.3 Å². The number of carbonyl (C=O) groups is 1. The summed E-state index contributed by atoms with van der Waals surface area (Å²) in [6.07, 6.45) is 3.28. The van der Waals surface area contributed by atoms with Crippen LogP contribution in [0.3, 0.4) is 0 Å². The maximum absolute atomic E-state index is 13.9. The van der Waals surface area contributed by atoms with E-state index in [1.54, 1.807) is 6.20 Å². The van der Waals surface area contributed by atoms with Crippen molar-refractivity contribution in [3.05, 3.63) is 84.3 Å². The highest BCUT2D eigenvalue weighted by atomic mass is 19.1. The van der Waals surface area contributed by atoms with Crippen LogP contribution in [0.15, 0.2) is 65.3 Å². The molecule has 31 heavy (non-hydrogen) atoms. The number of hydrogen-bond acceptors (Lipinski definition) is 4. The number of aryl methyl sites for hydroxylation is 1. The third kappa shape index (κ3) is 4.69. The molecular weight excluding hydrogens is 402 g/mol. The van der Waals surface area contributed by atoms with Crippen molar-refractivity contribution in [1.82, 2.24) is 20.3 Å². The number of carbonyl (C=O) groups excluding carboxylic acids is 1. The molecule has 0 radical (unpaired) electrons. The van der Waals surface area contributed by atoms with Crippen molar-refractivity contribution in [2.24, 2.45) is 0 Å². The maximum atomic E-state index is 13.9. The average molecular weight is 422 g/mol. The van der Waals surface area contributed by atoms with Gasteiger partial charge in [-0.15, -0.1) is 0 Å². The van der Waals surface area contributed by atoms with Gasteiger partial charge in [0, 0.05) is 12.8 Å². The number of imidazole rings is 1. The number of oxazole rings is 1. The number of benzene rings is 2. The molecule has 0 fully saturated rings. The van der Waals surface area contributed by atoms with E-state index in [1.807, 2.05) is 37.3 Å². The second-order valence-corrected chi connectivity index (χ2v) is 7.05. The molecule has 4 aromatic rings. The summed E-state index contributed by atoms with van der Waals surface area (Å²) in [4.78, 5) is 23.9. The first-order chi connectivity index (χ1) is 15.0. The first-order valence-corrected chi connectivity index (χ1v) is 9.80. The number of rotatable bonds is 7. The van der Waals surface area contributed by atoms with Gasteiger partial charge in [-0.1, -0.05) is 36.4 Å². The van der Waals surface area contributed by atoms with Gasteiger partial charge in [-0.3, -0.25) is 4.79 Å². The van der Waals surface area contributed by atoms with E-state index >= 15 is 0 Å². The Bertz CT molecular complexity index is 1170. The van der Waals surface area contributed by atoms with E-state index in [4.69, 9.17) is 4.42 Å². The molecule has 8 heteroatoms. The molecule has 0 spiro atoms. The quantitative estimate of drug-likeness (QED) is 0.447. The molecule has 1 amide bonds. The Morgan fingerprint density at radius 3 is 2.55 bits per heavy atom. The highest BCUT2D eigenvalue weighted by Gasteiger charge is 2.17. The van der Waals surface area contributed by atoms with Crippen LogP contribution in [0.5, 0.6) is 0 Å². The normalized spacial score (nSPS) is 12.0. The number of H-pyrrole nitrogens is 1. The largest absolute Gasteiger partial charge is 0.441 e. The van der Waals surface area contributed by atoms with Gasteiger partial charge in [0.25, 0.3) is 0 Å². The topological polar surface area (TPSA) is 83.8 Å². The van der Waals surface area contributed by atoms with Crippen LogP contribution in [0.4, 0.5) is 8.78 Å². The Kier molecular flexibility index (Phi) is 5.88. The fraction of sp³-hybridized carbons (Fsp3) is 0.174. The van der Waals surface area contributed by atoms with Crippen molar-refractivity contribution in [2.75, 3.05) is 0 Å². The standard InChI is InChI=1S/C23H20F2N4O2/c1-14(23-27-12-18(29-23)15-6-3-2-4-7-15)28-20(30)10-11-21-26-13-19(31-21)22-16(24)8-5-9-17(22)25/h2-9,12-14H,10-11H2,1H3,(H,27,29)(H,28,30)/t14-/m0/s1. The Morgan fingerprint density at radius 2 is 1.81 bits per heavy atom. The van der Waals surface area contributed by atoms with Crippen LogP contribution in [0.25, 0.3) is 22.6 Å². The van der Waals surface area contributed by atoms with Gasteiger partial charge in [0.05, 0.1) is 29.7 Å². The maximum Gasteiger partial charge on any atom is 0.221 e. The van der Waals surface area contributed by atoms with Gasteiger partial charge in [-0.05, 0) is 24.6 Å². The van der Waals surface area contributed by atoms with Gasteiger partial charge < -0.3 is 14.7 Å². The lowest BCUT2D eigenvalue weighted by molar-refractivity contribution is -0.121. The number of amides is 1. The van der Waals surface area contributed by atoms with E-state index < -0.39 is 11.6 Å². The summed E-state index contributed by atoms with van der Waals surface area (Å²) in [6.45, 7) is 1.83. The second kappa shape index (κ2) is 8.91. The monoisotopic (exact) mass is 422 g/mol. The van der Waals surface area contributed by atoms with E-state index in [0.717, 1.165) is 23.4 Å². The number of aromatic amines is 1. The Labute approximate surface area is 177 Å². The van der Waals surface area contributed by atoms with Gasteiger partial charge >= 0.3 is 0 Å². The molecule has 0 unspecified atom stereocenters. The molecule has 6 nitrogen and oxygen atoms in total. The van der Waals surface area contributed by atoms with Crippen LogP contribution in [0.2, 0.25) is 0 Å². The molecule has 0 aliphatic heterocycles. The molecule has 4 rings (SSSR count). The van der Waals surface area contributed by atoms with Crippen LogP contribution in [-0.4, -0.2) is 20.9 Å². The number of halogens is 2. The predicted molar refractivity (Wildman–Crippen MR) is 111 cm³/mol. The zero-order valence-electron chi connectivity index (χ0n) is 16.7. The van der Waals surface area contributed by atoms with Crippen molar-refractivity contribution in [3.63, 3.8) is 0 Å². The van der Waals surface area contributed by atoms with Gasteiger partial charge in [0.15, 0.2) is 11.7 Å². The Hall–Kier alpha value is -3.81. The van der Waals surface area contributed by atoms with Crippen molar-refractivity contribution >= 4 is 5.91 Å². The summed E-state index contributed by atoms with van der Waals surface area (Å²) in [5.41, 5.74) is 1.60. The van der Waals surface area contributed by atoms with Gasteiger partial charge in [0.2, 0.25) is 5.91 Å². The molecule has 2 aromatic carbocycles. The van der Waals surface area contributed by atoms with Crippen LogP contribution in [0, 0.1) is 11.6 Å². The summed E-state index contributed by atoms with van der Waals surface area (Å²) >= 11 is 0. The smallest absolute Gasteiger partial charge is 0.221 e. The SMILES string of the molecule is C[C@H](NC(=O)CCc1ncc(-c2c(F)cccc2F)o1)c1ncc(-c2ccccc2)[nH]1. The summed E-state index contributed by atoms with van der Waals surface area (Å²) in [6, 6.07) is 13.0. The summed E-state index contributed by atoms with van der Waals surface area (Å²) in [7, 11) is 0. The summed E-state index contributed by atoms with van der Waals surface area (Å²) < 4.78 is 33.2. The van der Waals surface area contributed by atoms with Crippen molar-refractivity contribution in [2.45, 2.75) is 25.8 Å². The van der Waals surface area contributed by atoms with Gasteiger partial charge in [0.1, 0.15) is 17.5 Å². The number of nitrogens with zero attached hydrogens (tertiary/aromatic N) is 2. The minimum atomic E-state index is -0.734. The third-order valence-corrected chi connectivity index (χ3v) is 4.80. The highest BCUT2D eigenvalue weighted by Crippen LogP contribution is 2.27. The minimum Gasteiger partial charge on any atom is -0.441 e. The van der Waals surface area contributed by atoms with Crippen LogP contribution < -0.4 is 5.32 Å². The molecule has 2 aromatic heterocycles. The fourth-order valence-corrected chi connectivity index (χ4v) is 3.20. The lowest BCUT2D eigenvalue weighted by atomic mass is 10.1. The molecule has 2 N–H and O–H groups in total. The van der Waals surface area contributed by atoms with E-state index in [-0.39, 0.29) is 42.0 Å². The molecule has 0 bridgehead atoms. The zero-order chi connectivity index (χ0) is 21.8. The fourth-order valence-electron chi connectivity index (χ4n) is 3.20. The second-order valence-electron chi connectivity index (χ2n) is 7.05. The first kappa shape index (κ1) is 20.5. The number of aromatic nitrogens is 3. The molecule has 1 atom stereocenters. The molecule has 2 heterocycles. The molecule has 0 saturated carbocycles. The molecule has 158 valence electrons. The van der Waals surface area contributed by atoms with Crippen LogP contribution in [-0.2, 0) is 11.2 Å². The summed E-state index contributed by atoms with van der Waals surface area (Å²) in [5, 5.41) is 2.87. The minimum absolute atomic E-state index is 0.0107. The van der Waals surface area contributed by atoms with E-state index in [0.29, 0.717) is 5.82 Å². The lowest BCUT2D eigenvalue weighted by Crippen LogP contribution is -2.27. The summed E-state index contributed by atoms with van der Waals surface area (Å²) in [5.74, 6) is -0.832. The van der Waals surface area contributed by atoms with Gasteiger partial charge in [-0.25, -0.2) is 18.7 Å². The predicted octanol–water partition coefficient (Wildman–Crippen LogP) is 4.82. The average Bonchev–Trinajstić information content (AvgIpc) is 3.43. The van der Waals surface area contributed by atoms with Crippen molar-refractivity contribution in [1.29, 1.82) is 0 Å². The van der Waals surface area contributed by atoms with Crippen molar-refractivity contribution < 1.29 is 18.0 Å².